The third kappa shape index (κ3) is 11.4. The number of rotatable bonds is 15. The summed E-state index contributed by atoms with van der Waals surface area (Å²) in [5.74, 6) is 2.78. The first-order chi connectivity index (χ1) is 26.2. The lowest BCUT2D eigenvalue weighted by atomic mass is 10.1. The maximum atomic E-state index is 13.1. The topological polar surface area (TPSA) is 117 Å². The number of piperazine rings is 1. The molecule has 0 atom stereocenters. The molecule has 0 spiro atoms. The highest BCUT2D eigenvalue weighted by Crippen LogP contribution is 2.34. The molecule has 286 valence electrons. The van der Waals surface area contributed by atoms with E-state index in [1.807, 2.05) is 42.2 Å². The molecule has 11 nitrogen and oxygen atoms in total. The molecule has 2 heterocycles. The van der Waals surface area contributed by atoms with Gasteiger partial charge in [0.1, 0.15) is 23.9 Å². The summed E-state index contributed by atoms with van der Waals surface area (Å²) in [6, 6.07) is 29.6. The Morgan fingerprint density at radius 3 is 2.25 bits per heavy atom. The number of amides is 1. The zero-order chi connectivity index (χ0) is 37.9. The van der Waals surface area contributed by atoms with Crippen LogP contribution in [0.5, 0.6) is 28.9 Å². The van der Waals surface area contributed by atoms with Crippen LogP contribution in [0.15, 0.2) is 109 Å². The van der Waals surface area contributed by atoms with E-state index in [1.165, 1.54) is 23.4 Å². The molecule has 0 bridgehead atoms. The van der Waals surface area contributed by atoms with Crippen LogP contribution < -0.4 is 18.9 Å². The number of aryl methyl sites for hydroxylation is 1. The van der Waals surface area contributed by atoms with Crippen molar-refractivity contribution in [3.05, 3.63) is 152 Å². The van der Waals surface area contributed by atoms with E-state index in [9.17, 15) is 14.9 Å². The minimum Gasteiger partial charge on any atom is -0.497 e. The van der Waals surface area contributed by atoms with Crippen LogP contribution in [0, 0.1) is 17.0 Å². The van der Waals surface area contributed by atoms with E-state index < -0.39 is 4.92 Å². The predicted octanol–water partition coefficient (Wildman–Crippen LogP) is 8.73. The number of nitro groups is 1. The Bertz CT molecular complexity index is 2050. The molecular formula is C42H42Cl2N4O7. The Hall–Kier alpha value is -5.62. The molecule has 13 heteroatoms. The third-order valence-corrected chi connectivity index (χ3v) is 9.28. The van der Waals surface area contributed by atoms with Crippen molar-refractivity contribution < 1.29 is 28.7 Å². The lowest BCUT2D eigenvalue weighted by Crippen LogP contribution is -2.47. The van der Waals surface area contributed by atoms with E-state index in [-0.39, 0.29) is 30.6 Å². The molecule has 1 amide bonds. The normalized spacial score (nSPS) is 12.9. The minimum absolute atomic E-state index is 0. The fourth-order valence-corrected chi connectivity index (χ4v) is 6.31. The van der Waals surface area contributed by atoms with Gasteiger partial charge in [0, 0.05) is 57.4 Å². The van der Waals surface area contributed by atoms with Crippen LogP contribution in [-0.2, 0) is 24.4 Å². The highest BCUT2D eigenvalue weighted by Gasteiger charge is 2.20. The second-order valence-corrected chi connectivity index (χ2v) is 13.2. The van der Waals surface area contributed by atoms with Gasteiger partial charge in [-0.05, 0) is 83.8 Å². The van der Waals surface area contributed by atoms with Gasteiger partial charge in [-0.15, -0.1) is 12.4 Å². The predicted molar refractivity (Wildman–Crippen MR) is 215 cm³/mol. The van der Waals surface area contributed by atoms with Crippen molar-refractivity contribution in [2.75, 3.05) is 39.9 Å². The number of ether oxygens (including phenoxy) is 4. The van der Waals surface area contributed by atoms with E-state index >= 15 is 0 Å². The summed E-state index contributed by atoms with van der Waals surface area (Å²) in [7, 11) is 1.65. The summed E-state index contributed by atoms with van der Waals surface area (Å²) < 4.78 is 22.7. The fourth-order valence-electron chi connectivity index (χ4n) is 6.00. The number of carbonyl (C=O) groups is 1. The summed E-state index contributed by atoms with van der Waals surface area (Å²) in [6.45, 7) is 6.23. The van der Waals surface area contributed by atoms with Crippen LogP contribution in [0.1, 0.15) is 27.8 Å². The van der Waals surface area contributed by atoms with Crippen molar-refractivity contribution in [1.82, 2.24) is 14.8 Å². The average Bonchev–Trinajstić information content (AvgIpc) is 3.19. The number of nitrogens with zero attached hydrogens (tertiary/aromatic N) is 4. The molecule has 55 heavy (non-hydrogen) atoms. The van der Waals surface area contributed by atoms with Crippen LogP contribution in [0.25, 0.3) is 6.08 Å². The summed E-state index contributed by atoms with van der Waals surface area (Å²) in [6.07, 6.45) is 5.66. The second-order valence-electron chi connectivity index (χ2n) is 12.8. The molecule has 5 aromatic rings. The summed E-state index contributed by atoms with van der Waals surface area (Å²) in [5.41, 5.74) is 4.47. The van der Waals surface area contributed by atoms with Gasteiger partial charge in [-0.1, -0.05) is 48.0 Å². The molecule has 0 radical (unpaired) electrons. The Morgan fingerprint density at radius 1 is 0.891 bits per heavy atom. The molecule has 4 aromatic carbocycles. The van der Waals surface area contributed by atoms with Gasteiger partial charge < -0.3 is 23.8 Å². The maximum absolute atomic E-state index is 13.1. The van der Waals surface area contributed by atoms with E-state index in [4.69, 9.17) is 30.5 Å². The highest BCUT2D eigenvalue weighted by atomic mass is 35.5. The van der Waals surface area contributed by atoms with Crippen molar-refractivity contribution >= 4 is 41.7 Å². The monoisotopic (exact) mass is 784 g/mol. The van der Waals surface area contributed by atoms with Crippen molar-refractivity contribution in [2.45, 2.75) is 26.5 Å². The van der Waals surface area contributed by atoms with Gasteiger partial charge in [0.25, 0.3) is 5.69 Å². The molecule has 0 unspecified atom stereocenters. The maximum Gasteiger partial charge on any atom is 0.276 e. The van der Waals surface area contributed by atoms with Crippen LogP contribution in [-0.4, -0.2) is 65.5 Å². The number of para-hydroxylation sites is 1. The van der Waals surface area contributed by atoms with E-state index in [1.54, 1.807) is 55.7 Å². The highest BCUT2D eigenvalue weighted by molar-refractivity contribution is 6.32. The Labute approximate surface area is 331 Å². The number of carbonyl (C=O) groups excluding carboxylic acids is 1. The number of benzene rings is 4. The van der Waals surface area contributed by atoms with Gasteiger partial charge in [-0.2, -0.15) is 0 Å². The van der Waals surface area contributed by atoms with E-state index in [0.717, 1.165) is 48.7 Å². The molecule has 0 saturated carbocycles. The zero-order valence-electron chi connectivity index (χ0n) is 30.6. The van der Waals surface area contributed by atoms with Crippen LogP contribution >= 0.6 is 24.0 Å². The van der Waals surface area contributed by atoms with Gasteiger partial charge >= 0.3 is 0 Å². The van der Waals surface area contributed by atoms with Crippen molar-refractivity contribution in [2.24, 2.45) is 0 Å². The first-order valence-corrected chi connectivity index (χ1v) is 17.9. The molecule has 6 rings (SSSR count). The summed E-state index contributed by atoms with van der Waals surface area (Å²) in [5, 5.41) is 11.6. The molecule has 1 saturated heterocycles. The molecule has 1 aliphatic heterocycles. The largest absolute Gasteiger partial charge is 0.497 e. The first kappa shape index (κ1) is 40.6. The third-order valence-electron chi connectivity index (χ3n) is 9.00. The van der Waals surface area contributed by atoms with E-state index in [0.29, 0.717) is 47.7 Å². The molecule has 0 aliphatic carbocycles. The number of hydrogen-bond acceptors (Lipinski definition) is 9. The van der Waals surface area contributed by atoms with Crippen LogP contribution in [0.3, 0.4) is 0 Å². The molecule has 0 N–H and O–H groups in total. The van der Waals surface area contributed by atoms with Gasteiger partial charge in [0.2, 0.25) is 11.8 Å². The van der Waals surface area contributed by atoms with Crippen LogP contribution in [0.2, 0.25) is 5.02 Å². The molecule has 1 aromatic heterocycles. The second kappa shape index (κ2) is 19.6. The van der Waals surface area contributed by atoms with Gasteiger partial charge in [0.15, 0.2) is 5.75 Å². The molecule has 1 aliphatic rings. The van der Waals surface area contributed by atoms with Gasteiger partial charge in [-0.25, -0.2) is 4.98 Å². The fraction of sp³-hybridized carbons (Fsp3) is 0.238. The average molecular weight is 786 g/mol. The number of methoxy groups -OCH3 is 1. The lowest BCUT2D eigenvalue weighted by molar-refractivity contribution is -0.385. The van der Waals surface area contributed by atoms with Gasteiger partial charge in [0.05, 0.1) is 35.4 Å². The van der Waals surface area contributed by atoms with Crippen molar-refractivity contribution in [3.63, 3.8) is 0 Å². The number of halogens is 2. The van der Waals surface area contributed by atoms with Crippen LogP contribution in [0.4, 0.5) is 5.69 Å². The van der Waals surface area contributed by atoms with Gasteiger partial charge in [-0.3, -0.25) is 19.8 Å². The van der Waals surface area contributed by atoms with Crippen molar-refractivity contribution in [3.8, 4) is 28.9 Å². The molecular weight excluding hydrogens is 743 g/mol. The summed E-state index contributed by atoms with van der Waals surface area (Å²) in [4.78, 5) is 32.4. The first-order valence-electron chi connectivity index (χ1n) is 17.6. The minimum atomic E-state index is -0.437. The Morgan fingerprint density at radius 2 is 1.58 bits per heavy atom. The Kier molecular flexibility index (Phi) is 14.5. The SMILES string of the molecule is COc1ccc(OCCc2ccc(CN3CCN(C(=O)C=Cc4cc(C)c(Oc5ccc(OCc6ccccc6[N+](=O)[O-])cn5)c(Cl)c4)CC3)cc2)cc1.Cl. The number of pyridine rings is 1. The van der Waals surface area contributed by atoms with E-state index in [2.05, 4.69) is 34.1 Å². The quantitative estimate of drug-likeness (QED) is 0.0584. The Balaban J connectivity index is 0.00000580. The number of hydrogen-bond donors (Lipinski definition) is 0. The lowest BCUT2D eigenvalue weighted by Gasteiger charge is -2.34. The number of aromatic nitrogens is 1. The zero-order valence-corrected chi connectivity index (χ0v) is 32.1. The number of nitro benzene ring substituents is 1. The van der Waals surface area contributed by atoms with Crippen molar-refractivity contribution in [1.29, 1.82) is 0 Å². The standard InChI is InChI=1S/C42H41ClN4O7.ClH/c1-30-25-33(26-38(43)42(30)54-40-17-16-37(27-44-40)53-29-34-5-3-4-6-39(34)47(49)50)11-18-41(48)46-22-20-45(21-23-46)28-32-9-7-31(8-10-32)19-24-52-36-14-12-35(51-2)13-15-36;/h3-18,25-27H,19-24,28-29H2,1-2H3;1H. The molecule has 1 fully saturated rings. The summed E-state index contributed by atoms with van der Waals surface area (Å²) >= 11 is 6.61. The smallest absolute Gasteiger partial charge is 0.276 e.